The van der Waals surface area contributed by atoms with Crippen molar-refractivity contribution in [2.75, 3.05) is 53.6 Å². The van der Waals surface area contributed by atoms with E-state index in [1.165, 1.54) is 0 Å². The van der Waals surface area contributed by atoms with E-state index in [-0.39, 0.29) is 6.61 Å². The summed E-state index contributed by atoms with van der Waals surface area (Å²) in [7, 11) is -1.19. The van der Waals surface area contributed by atoms with Gasteiger partial charge in [0, 0.05) is 13.2 Å². The molecule has 0 fully saturated rings. The van der Waals surface area contributed by atoms with Gasteiger partial charge in [0.25, 0.3) is 0 Å². The van der Waals surface area contributed by atoms with Crippen LogP contribution in [0.3, 0.4) is 0 Å². The molecule has 3 N–H and O–H groups in total. The fourth-order valence-electron chi connectivity index (χ4n) is 3.84. The fourth-order valence-corrected chi connectivity index (χ4v) is 12.8. The highest BCUT2D eigenvalue weighted by Gasteiger charge is 2.31. The zero-order chi connectivity index (χ0) is 25.1. The van der Waals surface area contributed by atoms with Gasteiger partial charge >= 0.3 is 0 Å². The topological polar surface area (TPSA) is 88.4 Å². The van der Waals surface area contributed by atoms with Crippen LogP contribution in [0, 0.1) is 0 Å². The summed E-state index contributed by atoms with van der Waals surface area (Å²) in [6, 6.07) is 3.03. The van der Waals surface area contributed by atoms with Gasteiger partial charge in [0.05, 0.1) is 27.3 Å². The third-order valence-electron chi connectivity index (χ3n) is 5.58. The van der Waals surface area contributed by atoms with Gasteiger partial charge in [0.1, 0.15) is 25.3 Å². The molecule has 0 aromatic heterocycles. The van der Waals surface area contributed by atoms with E-state index in [4.69, 9.17) is 13.6 Å². The minimum Gasteiger partial charge on any atom is -0.456 e. The van der Waals surface area contributed by atoms with E-state index in [1.54, 1.807) is 0 Å². The third-order valence-corrected chi connectivity index (χ3v) is 14.8. The number of hydrogen-bond acceptors (Lipinski definition) is 6. The highest BCUT2D eigenvalue weighted by molar-refractivity contribution is 6.84. The van der Waals surface area contributed by atoms with Crippen LogP contribution in [0.25, 0.3) is 0 Å². The van der Waals surface area contributed by atoms with E-state index >= 15 is 0 Å². The van der Waals surface area contributed by atoms with Crippen molar-refractivity contribution in [3.8, 4) is 0 Å². The number of nitrogens with zero attached hydrogens (tertiary/aromatic N) is 1. The zero-order valence-electron chi connectivity index (χ0n) is 22.4. The molecule has 7 nitrogen and oxygen atoms in total. The lowest BCUT2D eigenvalue weighted by molar-refractivity contribution is -0.896. The fraction of sp³-hybridized carbons (Fsp3) is 1.00. The molecule has 2 atom stereocenters. The lowest BCUT2D eigenvalue weighted by atomic mass is 10.2. The van der Waals surface area contributed by atoms with Crippen molar-refractivity contribution in [3.63, 3.8) is 0 Å². The van der Waals surface area contributed by atoms with Gasteiger partial charge in [-0.05, 0) is 70.3 Å². The van der Waals surface area contributed by atoms with Gasteiger partial charge in [0.15, 0.2) is 25.0 Å². The Kier molecular flexibility index (Phi) is 14.9. The van der Waals surface area contributed by atoms with E-state index in [0.717, 1.165) is 31.0 Å². The van der Waals surface area contributed by atoms with Gasteiger partial charge in [0.2, 0.25) is 0 Å². The van der Waals surface area contributed by atoms with Crippen molar-refractivity contribution in [2.45, 2.75) is 89.4 Å². The monoisotopic (exact) mass is 512 g/mol. The van der Waals surface area contributed by atoms with Crippen LogP contribution in [-0.2, 0) is 13.6 Å². The van der Waals surface area contributed by atoms with Crippen molar-refractivity contribution in [1.82, 2.24) is 0 Å². The van der Waals surface area contributed by atoms with Gasteiger partial charge in [-0.3, -0.25) is 0 Å². The van der Waals surface area contributed by atoms with Gasteiger partial charge in [-0.15, -0.1) is 0 Å². The highest BCUT2D eigenvalue weighted by Crippen LogP contribution is 2.22. The Hall–Kier alpha value is 0.371. The average molecular weight is 513 g/mol. The second kappa shape index (κ2) is 14.7. The van der Waals surface area contributed by atoms with Crippen molar-refractivity contribution in [2.24, 2.45) is 0 Å². The number of hydrogen-bond donors (Lipinski definition) is 3. The molecule has 0 radical (unpaired) electrons. The van der Waals surface area contributed by atoms with Crippen LogP contribution in [0.15, 0.2) is 0 Å². The molecule has 0 bridgehead atoms. The van der Waals surface area contributed by atoms with Crippen molar-refractivity contribution >= 4 is 25.0 Å². The van der Waals surface area contributed by atoms with E-state index in [1.807, 2.05) is 27.2 Å². The van der Waals surface area contributed by atoms with Gasteiger partial charge < -0.3 is 33.1 Å². The van der Waals surface area contributed by atoms with E-state index < -0.39 is 37.2 Å². The quantitative estimate of drug-likeness (QED) is 0.140. The number of aliphatic hydroxyl groups excluding tert-OH is 2. The Morgan fingerprint density at radius 1 is 0.750 bits per heavy atom. The summed E-state index contributed by atoms with van der Waals surface area (Å²) in [4.78, 5) is 9.83. The molecule has 0 amide bonds. The van der Waals surface area contributed by atoms with Gasteiger partial charge in [-0.1, -0.05) is 6.92 Å². The van der Waals surface area contributed by atoms with Crippen molar-refractivity contribution in [1.29, 1.82) is 0 Å². The van der Waals surface area contributed by atoms with Crippen LogP contribution in [0.5, 0.6) is 0 Å². The van der Waals surface area contributed by atoms with Crippen LogP contribution in [0.1, 0.15) is 19.8 Å². The lowest BCUT2D eigenvalue weighted by Crippen LogP contribution is -2.51. The molecule has 2 unspecified atom stereocenters. The first-order chi connectivity index (χ1) is 14.5. The number of likely N-dealkylation sites (N-methyl/N-ethyl adjacent to an activating group) is 1. The van der Waals surface area contributed by atoms with Crippen LogP contribution < -0.4 is 0 Å². The first kappa shape index (κ1) is 32.4. The summed E-state index contributed by atoms with van der Waals surface area (Å²) in [6.45, 7) is 18.0. The van der Waals surface area contributed by atoms with Crippen molar-refractivity contribution < 1.29 is 33.1 Å². The Morgan fingerprint density at radius 3 is 1.59 bits per heavy atom. The SMILES string of the molecule is CC[Si](C)(C)O[Si](C)(C)CCCOCC(O)C[N+](C)(C)CC(O)COCCC[Si](C)(C)O. The van der Waals surface area contributed by atoms with E-state index in [0.29, 0.717) is 37.4 Å². The minimum absolute atomic E-state index is 0.279. The second-order valence-corrected chi connectivity index (χ2v) is 24.9. The molecule has 0 saturated heterocycles. The molecule has 0 rings (SSSR count). The summed E-state index contributed by atoms with van der Waals surface area (Å²) in [5.41, 5.74) is 0. The predicted octanol–water partition coefficient (Wildman–Crippen LogP) is 3.24. The maximum absolute atomic E-state index is 10.4. The molecule has 0 aliphatic heterocycles. The smallest absolute Gasteiger partial charge is 0.182 e. The number of quaternary nitrogens is 1. The maximum atomic E-state index is 10.4. The Bertz CT molecular complexity index is 501. The normalized spacial score (nSPS) is 15.8. The first-order valence-electron chi connectivity index (χ1n) is 12.2. The molecule has 0 aliphatic rings. The molecular weight excluding hydrogens is 459 g/mol. The Balaban J connectivity index is 4.04. The molecule has 0 aromatic carbocycles. The highest BCUT2D eigenvalue weighted by atomic mass is 28.4. The molecule has 0 aromatic rings. The van der Waals surface area contributed by atoms with Crippen LogP contribution >= 0.6 is 0 Å². The summed E-state index contributed by atoms with van der Waals surface area (Å²) >= 11 is 0. The Morgan fingerprint density at radius 2 is 1.19 bits per heavy atom. The molecule has 0 heterocycles. The lowest BCUT2D eigenvalue weighted by Gasteiger charge is -2.34. The molecule has 32 heavy (non-hydrogen) atoms. The average Bonchev–Trinajstić information content (AvgIpc) is 2.58. The molecular formula is C22H54NO6Si3+. The van der Waals surface area contributed by atoms with Crippen LogP contribution in [0.2, 0.25) is 57.4 Å². The number of ether oxygens (including phenoxy) is 2. The van der Waals surface area contributed by atoms with Crippen LogP contribution in [-0.4, -0.2) is 110 Å². The standard InChI is InChI=1S/C22H54NO6Si3/c1-10-31(6,7)29-32(8,9)16-12-14-28-20-22(25)18-23(2,3)17-21(24)19-27-13-11-15-30(4,5)26/h21-22,24-26H,10-20H2,1-9H3/q+1. The molecule has 194 valence electrons. The summed E-state index contributed by atoms with van der Waals surface area (Å²) in [6.07, 6.45) is 0.633. The molecule has 0 aliphatic carbocycles. The first-order valence-corrected chi connectivity index (χ1v) is 21.6. The predicted molar refractivity (Wildman–Crippen MR) is 141 cm³/mol. The minimum atomic E-state index is -2.02. The van der Waals surface area contributed by atoms with Gasteiger partial charge in [-0.2, -0.15) is 0 Å². The summed E-state index contributed by atoms with van der Waals surface area (Å²) in [5, 5.41) is 20.7. The van der Waals surface area contributed by atoms with E-state index in [9.17, 15) is 15.0 Å². The molecule has 10 heteroatoms. The summed E-state index contributed by atoms with van der Waals surface area (Å²) in [5.74, 6) is 0. The Labute approximate surface area is 201 Å². The summed E-state index contributed by atoms with van der Waals surface area (Å²) < 4.78 is 18.3. The molecule has 0 saturated carbocycles. The second-order valence-electron chi connectivity index (χ2n) is 11.8. The van der Waals surface area contributed by atoms with Gasteiger partial charge in [-0.25, -0.2) is 0 Å². The van der Waals surface area contributed by atoms with Crippen molar-refractivity contribution in [3.05, 3.63) is 0 Å². The number of rotatable bonds is 19. The number of aliphatic hydroxyl groups is 2. The maximum Gasteiger partial charge on any atom is 0.182 e. The third kappa shape index (κ3) is 18.8. The van der Waals surface area contributed by atoms with E-state index in [2.05, 4.69) is 33.1 Å². The molecule has 0 spiro atoms. The largest absolute Gasteiger partial charge is 0.456 e. The zero-order valence-corrected chi connectivity index (χ0v) is 25.4. The van der Waals surface area contributed by atoms with Crippen LogP contribution in [0.4, 0.5) is 0 Å².